The lowest BCUT2D eigenvalue weighted by Crippen LogP contribution is -2.43. The summed E-state index contributed by atoms with van der Waals surface area (Å²) in [4.78, 5) is 59.6. The summed E-state index contributed by atoms with van der Waals surface area (Å²) in [6.45, 7) is 5.83. The van der Waals surface area contributed by atoms with Crippen LogP contribution in [-0.2, 0) is 25.7 Å². The molecule has 0 aromatic carbocycles. The molecule has 0 fully saturated rings. The smallest absolute Gasteiger partial charge is 0.327 e. The second kappa shape index (κ2) is 14.6. The number of nitrogens with one attached hydrogen (secondary N) is 3. The number of amides is 3. The fourth-order valence-electron chi connectivity index (χ4n) is 3.26. The molecule has 1 aromatic heterocycles. The number of aromatic nitrogens is 1. The molecule has 182 valence electrons. The highest BCUT2D eigenvalue weighted by Gasteiger charge is 2.20. The van der Waals surface area contributed by atoms with Crippen molar-refractivity contribution in [2.45, 2.75) is 65.5 Å². The second-order valence-corrected chi connectivity index (χ2v) is 7.74. The third-order valence-corrected chi connectivity index (χ3v) is 5.20. The Labute approximate surface area is 193 Å². The fourth-order valence-corrected chi connectivity index (χ4v) is 3.26. The van der Waals surface area contributed by atoms with Crippen LogP contribution in [0.25, 0.3) is 0 Å². The van der Waals surface area contributed by atoms with Crippen molar-refractivity contribution in [2.24, 2.45) is 5.92 Å². The topological polar surface area (TPSA) is 147 Å². The van der Waals surface area contributed by atoms with E-state index < -0.39 is 29.4 Å². The minimum absolute atomic E-state index is 0.0243. The molecule has 10 heteroatoms. The second-order valence-electron chi connectivity index (χ2n) is 7.74. The van der Waals surface area contributed by atoms with Gasteiger partial charge in [0.2, 0.25) is 17.7 Å². The van der Waals surface area contributed by atoms with Gasteiger partial charge >= 0.3 is 5.97 Å². The van der Waals surface area contributed by atoms with Gasteiger partial charge in [0.25, 0.3) is 5.56 Å². The van der Waals surface area contributed by atoms with Gasteiger partial charge in [-0.05, 0) is 37.3 Å². The third-order valence-electron chi connectivity index (χ3n) is 5.20. The van der Waals surface area contributed by atoms with Gasteiger partial charge in [-0.15, -0.1) is 0 Å². The predicted octanol–water partition coefficient (Wildman–Crippen LogP) is 1.66. The zero-order chi connectivity index (χ0) is 24.8. The first-order valence-electron chi connectivity index (χ1n) is 11.1. The SMILES string of the molecule is CCC(CC)CCNC(=O)Cn1cccc(NC(=O)C(CCC=CC(=O)O)NC(C)=O)c1=O. The molecule has 0 bridgehead atoms. The predicted molar refractivity (Wildman–Crippen MR) is 125 cm³/mol. The third kappa shape index (κ3) is 10.6. The summed E-state index contributed by atoms with van der Waals surface area (Å²) >= 11 is 0. The summed E-state index contributed by atoms with van der Waals surface area (Å²) in [6.07, 6.45) is 7.13. The van der Waals surface area contributed by atoms with Crippen molar-refractivity contribution < 1.29 is 24.3 Å². The number of anilines is 1. The molecule has 1 atom stereocenters. The molecule has 0 saturated carbocycles. The van der Waals surface area contributed by atoms with E-state index in [2.05, 4.69) is 29.8 Å². The minimum atomic E-state index is -1.11. The van der Waals surface area contributed by atoms with E-state index in [9.17, 15) is 24.0 Å². The van der Waals surface area contributed by atoms with E-state index in [-0.39, 0.29) is 31.0 Å². The molecule has 1 heterocycles. The van der Waals surface area contributed by atoms with Gasteiger partial charge in [-0.1, -0.05) is 32.8 Å². The fraction of sp³-hybridized carbons (Fsp3) is 0.522. The van der Waals surface area contributed by atoms with Crippen LogP contribution in [0.15, 0.2) is 35.3 Å². The summed E-state index contributed by atoms with van der Waals surface area (Å²) in [5.74, 6) is -1.91. The van der Waals surface area contributed by atoms with Gasteiger partial charge in [-0.3, -0.25) is 19.2 Å². The number of rotatable bonds is 14. The lowest BCUT2D eigenvalue weighted by atomic mass is 10.00. The number of nitrogens with zero attached hydrogens (tertiary/aromatic N) is 1. The Morgan fingerprint density at radius 2 is 1.85 bits per heavy atom. The summed E-state index contributed by atoms with van der Waals surface area (Å²) in [7, 11) is 0. The number of hydrogen-bond acceptors (Lipinski definition) is 5. The number of carboxylic acid groups (broad SMARTS) is 1. The van der Waals surface area contributed by atoms with E-state index in [1.165, 1.54) is 35.9 Å². The maximum atomic E-state index is 12.7. The molecule has 33 heavy (non-hydrogen) atoms. The zero-order valence-electron chi connectivity index (χ0n) is 19.4. The van der Waals surface area contributed by atoms with Gasteiger partial charge in [0, 0.05) is 25.7 Å². The Kier molecular flexibility index (Phi) is 12.2. The van der Waals surface area contributed by atoms with Crippen LogP contribution in [0.1, 0.15) is 52.9 Å². The van der Waals surface area contributed by atoms with E-state index in [1.807, 2.05) is 0 Å². The molecule has 3 amide bonds. The van der Waals surface area contributed by atoms with E-state index >= 15 is 0 Å². The van der Waals surface area contributed by atoms with Crippen LogP contribution in [0.2, 0.25) is 0 Å². The quantitative estimate of drug-likeness (QED) is 0.309. The van der Waals surface area contributed by atoms with Crippen LogP contribution in [0.3, 0.4) is 0 Å². The minimum Gasteiger partial charge on any atom is -0.478 e. The summed E-state index contributed by atoms with van der Waals surface area (Å²) in [5, 5.41) is 16.4. The maximum absolute atomic E-state index is 12.7. The highest BCUT2D eigenvalue weighted by atomic mass is 16.4. The van der Waals surface area contributed by atoms with Crippen molar-refractivity contribution >= 4 is 29.4 Å². The van der Waals surface area contributed by atoms with Crippen molar-refractivity contribution in [2.75, 3.05) is 11.9 Å². The standard InChI is InChI=1S/C23H34N4O6/c1-4-17(5-2)12-13-24-20(29)15-27-14-8-10-19(23(27)33)26-22(32)18(25-16(3)28)9-6-7-11-21(30)31/h7-8,10-11,14,17-18H,4-6,9,12-13,15H2,1-3H3,(H,24,29)(H,25,28)(H,26,32)(H,30,31). The average Bonchev–Trinajstić information content (AvgIpc) is 2.75. The zero-order valence-corrected chi connectivity index (χ0v) is 19.4. The van der Waals surface area contributed by atoms with E-state index in [1.54, 1.807) is 0 Å². The van der Waals surface area contributed by atoms with Crippen LogP contribution in [-0.4, -0.2) is 46.0 Å². The summed E-state index contributed by atoms with van der Waals surface area (Å²) in [5.41, 5.74) is -0.572. The van der Waals surface area contributed by atoms with Crippen molar-refractivity contribution in [3.8, 4) is 0 Å². The van der Waals surface area contributed by atoms with Gasteiger partial charge in [0.1, 0.15) is 18.3 Å². The van der Waals surface area contributed by atoms with Crippen LogP contribution in [0.4, 0.5) is 5.69 Å². The van der Waals surface area contributed by atoms with Crippen LogP contribution < -0.4 is 21.5 Å². The molecule has 1 aromatic rings. The van der Waals surface area contributed by atoms with Crippen molar-refractivity contribution in [1.29, 1.82) is 0 Å². The number of pyridine rings is 1. The number of carboxylic acids is 1. The van der Waals surface area contributed by atoms with Gasteiger partial charge in [0.15, 0.2) is 0 Å². The number of allylic oxidation sites excluding steroid dienone is 1. The Morgan fingerprint density at radius 1 is 1.15 bits per heavy atom. The molecule has 0 aliphatic rings. The number of hydrogen-bond donors (Lipinski definition) is 4. The first-order chi connectivity index (χ1) is 15.7. The Balaban J connectivity index is 2.78. The highest BCUT2D eigenvalue weighted by molar-refractivity contribution is 5.96. The van der Waals surface area contributed by atoms with Crippen molar-refractivity contribution in [3.63, 3.8) is 0 Å². The number of aliphatic carboxylic acids is 1. The molecule has 0 aliphatic heterocycles. The Bertz CT molecular complexity index is 904. The first-order valence-corrected chi connectivity index (χ1v) is 11.1. The van der Waals surface area contributed by atoms with Crippen LogP contribution >= 0.6 is 0 Å². The lowest BCUT2D eigenvalue weighted by molar-refractivity contribution is -0.131. The molecule has 0 aliphatic carbocycles. The molecular weight excluding hydrogens is 428 g/mol. The average molecular weight is 463 g/mol. The number of carbonyl (C=O) groups is 4. The monoisotopic (exact) mass is 462 g/mol. The molecule has 0 saturated heterocycles. The van der Waals surface area contributed by atoms with Crippen LogP contribution in [0, 0.1) is 5.92 Å². The molecular formula is C23H34N4O6. The lowest BCUT2D eigenvalue weighted by Gasteiger charge is -2.17. The Morgan fingerprint density at radius 3 is 2.45 bits per heavy atom. The Hall–Kier alpha value is -3.43. The van der Waals surface area contributed by atoms with Gasteiger partial charge in [0.05, 0.1) is 0 Å². The van der Waals surface area contributed by atoms with Gasteiger partial charge in [-0.25, -0.2) is 4.79 Å². The molecule has 4 N–H and O–H groups in total. The van der Waals surface area contributed by atoms with Crippen LogP contribution in [0.5, 0.6) is 0 Å². The number of carbonyl (C=O) groups excluding carboxylic acids is 3. The van der Waals surface area contributed by atoms with E-state index in [0.717, 1.165) is 25.3 Å². The first kappa shape index (κ1) is 27.6. The maximum Gasteiger partial charge on any atom is 0.327 e. The van der Waals surface area contributed by atoms with Crippen molar-refractivity contribution in [1.82, 2.24) is 15.2 Å². The molecule has 1 rings (SSSR count). The van der Waals surface area contributed by atoms with Crippen molar-refractivity contribution in [3.05, 3.63) is 40.8 Å². The molecule has 1 unspecified atom stereocenters. The van der Waals surface area contributed by atoms with E-state index in [0.29, 0.717) is 12.5 Å². The normalized spacial score (nSPS) is 11.9. The highest BCUT2D eigenvalue weighted by Crippen LogP contribution is 2.11. The molecule has 0 spiro atoms. The largest absolute Gasteiger partial charge is 0.478 e. The van der Waals surface area contributed by atoms with Gasteiger partial charge < -0.3 is 25.6 Å². The van der Waals surface area contributed by atoms with Gasteiger partial charge in [-0.2, -0.15) is 0 Å². The summed E-state index contributed by atoms with van der Waals surface area (Å²) < 4.78 is 1.20. The molecule has 0 radical (unpaired) electrons. The summed E-state index contributed by atoms with van der Waals surface area (Å²) in [6, 6.07) is 2.00. The van der Waals surface area contributed by atoms with E-state index in [4.69, 9.17) is 5.11 Å². The molecule has 10 nitrogen and oxygen atoms in total.